The molecule has 0 saturated heterocycles. The molecule has 0 fully saturated rings. The van der Waals surface area contributed by atoms with Gasteiger partial charge in [0.25, 0.3) is 0 Å². The highest BCUT2D eigenvalue weighted by Crippen LogP contribution is 2.13. The van der Waals surface area contributed by atoms with Crippen molar-refractivity contribution in [2.24, 2.45) is 0 Å². The van der Waals surface area contributed by atoms with Crippen LogP contribution in [0.1, 0.15) is 33.6 Å². The molecule has 0 aliphatic rings. The third-order valence-electron chi connectivity index (χ3n) is 3.21. The highest BCUT2D eigenvalue weighted by atomic mass is 32.2. The van der Waals surface area contributed by atoms with Crippen LogP contribution in [0.25, 0.3) is 0 Å². The molecule has 0 aromatic heterocycles. The molecule has 2 N–H and O–H groups in total. The largest absolute Gasteiger partial charge is 0.351 e. The van der Waals surface area contributed by atoms with E-state index in [1.807, 2.05) is 20.8 Å². The third kappa shape index (κ3) is 5.34. The van der Waals surface area contributed by atoms with Gasteiger partial charge in [0.2, 0.25) is 15.9 Å². The molecule has 0 aliphatic carbocycles. The molecule has 1 rings (SSSR count). The minimum atomic E-state index is -3.98. The lowest BCUT2D eigenvalue weighted by Crippen LogP contribution is -2.43. The number of nitrogens with one attached hydrogen (secondary N) is 2. The van der Waals surface area contributed by atoms with Gasteiger partial charge in [-0.2, -0.15) is 0 Å². The number of rotatable bonds is 7. The number of hydrogen-bond acceptors (Lipinski definition) is 3. The predicted octanol–water partition coefficient (Wildman–Crippen LogP) is 1.94. The van der Waals surface area contributed by atoms with Gasteiger partial charge in [-0.15, -0.1) is 0 Å². The maximum absolute atomic E-state index is 13.1. The molecule has 0 bridgehead atoms. The van der Waals surface area contributed by atoms with Crippen LogP contribution in [0.4, 0.5) is 8.78 Å². The number of halogens is 2. The molecule has 0 aliphatic heterocycles. The van der Waals surface area contributed by atoms with Crippen LogP contribution in [0.5, 0.6) is 0 Å². The van der Waals surface area contributed by atoms with Crippen LogP contribution in [-0.4, -0.2) is 26.4 Å². The number of amides is 1. The van der Waals surface area contributed by atoms with Crippen molar-refractivity contribution < 1.29 is 22.0 Å². The summed E-state index contributed by atoms with van der Waals surface area (Å²) in [4.78, 5) is 11.3. The van der Waals surface area contributed by atoms with E-state index >= 15 is 0 Å². The smallest absolute Gasteiger partial charge is 0.240 e. The van der Waals surface area contributed by atoms with Crippen molar-refractivity contribution in [3.63, 3.8) is 0 Å². The van der Waals surface area contributed by atoms with Crippen molar-refractivity contribution in [1.82, 2.24) is 10.0 Å². The summed E-state index contributed by atoms with van der Waals surface area (Å²) in [5.74, 6) is -2.66. The zero-order valence-corrected chi connectivity index (χ0v) is 13.6. The Morgan fingerprint density at radius 2 is 1.86 bits per heavy atom. The summed E-state index contributed by atoms with van der Waals surface area (Å²) in [5.41, 5.74) is -0.365. The molecule has 0 saturated carbocycles. The van der Waals surface area contributed by atoms with Crippen LogP contribution in [0.15, 0.2) is 23.1 Å². The molecule has 8 heteroatoms. The van der Waals surface area contributed by atoms with Crippen molar-refractivity contribution in [2.45, 2.75) is 44.0 Å². The number of sulfonamides is 1. The van der Waals surface area contributed by atoms with E-state index in [0.29, 0.717) is 6.07 Å². The summed E-state index contributed by atoms with van der Waals surface area (Å²) in [6, 6.07) is 2.29. The lowest BCUT2D eigenvalue weighted by molar-refractivity contribution is -0.122. The topological polar surface area (TPSA) is 75.3 Å². The van der Waals surface area contributed by atoms with E-state index in [4.69, 9.17) is 0 Å². The van der Waals surface area contributed by atoms with Gasteiger partial charge < -0.3 is 5.32 Å². The summed E-state index contributed by atoms with van der Waals surface area (Å²) >= 11 is 0. The van der Waals surface area contributed by atoms with Crippen LogP contribution in [0.2, 0.25) is 0 Å². The summed E-state index contributed by atoms with van der Waals surface area (Å²) in [6.07, 6.45) is 0.686. The van der Waals surface area contributed by atoms with E-state index in [1.54, 1.807) is 0 Å². The Kier molecular flexibility index (Phi) is 6.01. The molecule has 0 atom stereocenters. The molecule has 5 nitrogen and oxygen atoms in total. The Labute approximate surface area is 129 Å². The van der Waals surface area contributed by atoms with Crippen LogP contribution in [-0.2, 0) is 14.8 Å². The third-order valence-corrected chi connectivity index (χ3v) is 4.67. The predicted molar refractivity (Wildman–Crippen MR) is 78.7 cm³/mol. The molecular weight excluding hydrogens is 314 g/mol. The lowest BCUT2D eigenvalue weighted by atomic mass is 10.0. The molecule has 0 heterocycles. The normalized spacial score (nSPS) is 12.2. The molecule has 1 aromatic rings. The second kappa shape index (κ2) is 7.15. The van der Waals surface area contributed by atoms with E-state index in [2.05, 4.69) is 10.0 Å². The first kappa shape index (κ1) is 18.5. The second-order valence-corrected chi connectivity index (χ2v) is 7.28. The van der Waals surface area contributed by atoms with E-state index in [9.17, 15) is 22.0 Å². The molecular formula is C14H20F2N2O3S. The van der Waals surface area contributed by atoms with E-state index in [0.717, 1.165) is 18.6 Å². The number of carbonyl (C=O) groups excluding carboxylic acids is 1. The zero-order valence-electron chi connectivity index (χ0n) is 12.7. The van der Waals surface area contributed by atoms with Crippen LogP contribution >= 0.6 is 0 Å². The number of benzene rings is 1. The summed E-state index contributed by atoms with van der Waals surface area (Å²) in [7, 11) is -3.98. The van der Waals surface area contributed by atoms with Crippen molar-refractivity contribution in [1.29, 1.82) is 0 Å². The van der Waals surface area contributed by atoms with Crippen molar-refractivity contribution in [3.05, 3.63) is 29.8 Å². The van der Waals surface area contributed by atoms with Gasteiger partial charge in [0, 0.05) is 18.5 Å². The quantitative estimate of drug-likeness (QED) is 0.800. The van der Waals surface area contributed by atoms with E-state index in [1.165, 1.54) is 0 Å². The first-order chi connectivity index (χ1) is 10.1. The average Bonchev–Trinajstić information content (AvgIpc) is 2.41. The van der Waals surface area contributed by atoms with Gasteiger partial charge in [-0.3, -0.25) is 4.79 Å². The average molecular weight is 334 g/mol. The molecule has 1 amide bonds. The SMILES string of the molecule is CCC(C)(C)NC(=O)CCNS(=O)(=O)c1ccc(F)c(F)c1. The Balaban J connectivity index is 2.60. The maximum Gasteiger partial charge on any atom is 0.240 e. The van der Waals surface area contributed by atoms with Crippen LogP contribution in [0.3, 0.4) is 0 Å². The highest BCUT2D eigenvalue weighted by molar-refractivity contribution is 7.89. The zero-order chi connectivity index (χ0) is 17.0. The summed E-state index contributed by atoms with van der Waals surface area (Å²) in [6.45, 7) is 5.51. The minimum absolute atomic E-state index is 0.0493. The standard InChI is InChI=1S/C14H20F2N2O3S/c1-4-14(2,3)18-13(19)7-8-17-22(20,21)10-5-6-11(15)12(16)9-10/h5-6,9,17H,4,7-8H2,1-3H3,(H,18,19). The fraction of sp³-hybridized carbons (Fsp3) is 0.500. The van der Waals surface area contributed by atoms with Gasteiger partial charge >= 0.3 is 0 Å². The molecule has 0 radical (unpaired) electrons. The number of carbonyl (C=O) groups is 1. The van der Waals surface area contributed by atoms with Crippen LogP contribution in [0, 0.1) is 11.6 Å². The minimum Gasteiger partial charge on any atom is -0.351 e. The van der Waals surface area contributed by atoms with E-state index < -0.39 is 21.7 Å². The van der Waals surface area contributed by atoms with Gasteiger partial charge in [0.05, 0.1) is 4.90 Å². The van der Waals surface area contributed by atoms with Crippen molar-refractivity contribution in [2.75, 3.05) is 6.54 Å². The fourth-order valence-electron chi connectivity index (χ4n) is 1.55. The highest BCUT2D eigenvalue weighted by Gasteiger charge is 2.19. The first-order valence-electron chi connectivity index (χ1n) is 6.83. The summed E-state index contributed by atoms with van der Waals surface area (Å²) in [5, 5.41) is 2.77. The Hall–Kier alpha value is -1.54. The number of hydrogen-bond donors (Lipinski definition) is 2. The van der Waals surface area contributed by atoms with Gasteiger partial charge in [0.15, 0.2) is 11.6 Å². The fourth-order valence-corrected chi connectivity index (χ4v) is 2.60. The van der Waals surface area contributed by atoms with Crippen molar-refractivity contribution in [3.8, 4) is 0 Å². The van der Waals surface area contributed by atoms with Gasteiger partial charge in [-0.05, 0) is 38.5 Å². The molecule has 22 heavy (non-hydrogen) atoms. The Morgan fingerprint density at radius 1 is 1.23 bits per heavy atom. The van der Waals surface area contributed by atoms with Crippen molar-refractivity contribution >= 4 is 15.9 Å². The summed E-state index contributed by atoms with van der Waals surface area (Å²) < 4.78 is 51.8. The second-order valence-electron chi connectivity index (χ2n) is 5.51. The lowest BCUT2D eigenvalue weighted by Gasteiger charge is -2.24. The van der Waals surface area contributed by atoms with Gasteiger partial charge in [0.1, 0.15) is 0 Å². The molecule has 1 aromatic carbocycles. The molecule has 124 valence electrons. The monoisotopic (exact) mass is 334 g/mol. The first-order valence-corrected chi connectivity index (χ1v) is 8.31. The molecule has 0 spiro atoms. The Morgan fingerprint density at radius 3 is 2.41 bits per heavy atom. The van der Waals surface area contributed by atoms with Gasteiger partial charge in [-0.25, -0.2) is 21.9 Å². The van der Waals surface area contributed by atoms with Crippen LogP contribution < -0.4 is 10.0 Å². The van der Waals surface area contributed by atoms with E-state index in [-0.39, 0.29) is 29.3 Å². The molecule has 0 unspecified atom stereocenters. The Bertz CT molecular complexity index is 645. The van der Waals surface area contributed by atoms with Gasteiger partial charge in [-0.1, -0.05) is 6.92 Å². The maximum atomic E-state index is 13.1.